The van der Waals surface area contributed by atoms with Crippen LogP contribution in [0.15, 0.2) is 10.8 Å². The van der Waals surface area contributed by atoms with Crippen LogP contribution in [-0.4, -0.2) is 26.3 Å². The molecule has 0 amide bonds. The molecule has 5 nitrogen and oxygen atoms in total. The second-order valence-electron chi connectivity index (χ2n) is 6.52. The molecule has 1 aliphatic heterocycles. The maximum Gasteiger partial charge on any atom is 0.232 e. The second kappa shape index (κ2) is 6.96. The Morgan fingerprint density at radius 1 is 1.42 bits per heavy atom. The molecule has 2 aromatic rings. The van der Waals surface area contributed by atoms with Crippen molar-refractivity contribution in [3.8, 4) is 0 Å². The quantitative estimate of drug-likeness (QED) is 0.687. The van der Waals surface area contributed by atoms with Gasteiger partial charge in [0.1, 0.15) is 21.8 Å². The molecule has 1 unspecified atom stereocenters. The van der Waals surface area contributed by atoms with Gasteiger partial charge < -0.3 is 4.90 Å². The summed E-state index contributed by atoms with van der Waals surface area (Å²) in [7, 11) is 0. The Bertz CT molecular complexity index is 748. The van der Waals surface area contributed by atoms with Gasteiger partial charge in [0.15, 0.2) is 0 Å². The number of nitrogens with zero attached hydrogens (tertiary/aromatic N) is 5. The Balaban J connectivity index is 2.00. The molecule has 130 valence electrons. The summed E-state index contributed by atoms with van der Waals surface area (Å²) >= 11 is 9.90. The molecule has 1 atom stereocenters. The molecule has 8 heteroatoms. The fourth-order valence-corrected chi connectivity index (χ4v) is 4.08. The number of aromatic nitrogens is 4. The maximum absolute atomic E-state index is 13.8. The van der Waals surface area contributed by atoms with Crippen LogP contribution in [0.3, 0.4) is 0 Å². The summed E-state index contributed by atoms with van der Waals surface area (Å²) in [5.41, 5.74) is 1.93. The summed E-state index contributed by atoms with van der Waals surface area (Å²) in [4.78, 5) is 9.94. The Hall–Kier alpha value is -1.21. The van der Waals surface area contributed by atoms with Gasteiger partial charge in [-0.2, -0.15) is 9.49 Å². The number of halogens is 3. The van der Waals surface area contributed by atoms with Crippen molar-refractivity contribution in [2.45, 2.75) is 46.2 Å². The molecule has 0 N–H and O–H groups in total. The van der Waals surface area contributed by atoms with Gasteiger partial charge in [-0.3, -0.25) is 4.68 Å². The van der Waals surface area contributed by atoms with Crippen LogP contribution in [0.5, 0.6) is 0 Å². The van der Waals surface area contributed by atoms with Crippen molar-refractivity contribution >= 4 is 33.3 Å². The van der Waals surface area contributed by atoms with Crippen molar-refractivity contribution in [1.29, 1.82) is 0 Å². The highest BCUT2D eigenvalue weighted by Crippen LogP contribution is 2.42. The standard InChI is InChI=1S/C16H20BrClFN5/c1-9(2)7-24-14(18)12(10(3)22-24)11-5-4-6-23(11)16-13(17)15(19)20-8-21-16/h8-9,11H,4-7H2,1-3H3. The zero-order valence-corrected chi connectivity index (χ0v) is 16.3. The Morgan fingerprint density at radius 3 is 2.88 bits per heavy atom. The molecule has 1 aliphatic rings. The van der Waals surface area contributed by atoms with E-state index in [4.69, 9.17) is 11.6 Å². The highest BCUT2D eigenvalue weighted by atomic mass is 79.9. The molecular weight excluding hydrogens is 397 g/mol. The predicted molar refractivity (Wildman–Crippen MR) is 95.8 cm³/mol. The van der Waals surface area contributed by atoms with E-state index in [0.29, 0.717) is 21.4 Å². The third kappa shape index (κ3) is 3.16. The molecule has 0 spiro atoms. The van der Waals surface area contributed by atoms with Crippen LogP contribution in [-0.2, 0) is 6.54 Å². The zero-order valence-electron chi connectivity index (χ0n) is 13.9. The summed E-state index contributed by atoms with van der Waals surface area (Å²) in [5, 5.41) is 5.27. The summed E-state index contributed by atoms with van der Waals surface area (Å²) < 4.78 is 16.0. The zero-order chi connectivity index (χ0) is 17.4. The molecule has 3 rings (SSSR count). The van der Waals surface area contributed by atoms with Crippen LogP contribution in [0.2, 0.25) is 5.15 Å². The average Bonchev–Trinajstić information content (AvgIpc) is 3.07. The highest BCUT2D eigenvalue weighted by Gasteiger charge is 2.34. The molecule has 0 aromatic carbocycles. The SMILES string of the molecule is Cc1nn(CC(C)C)c(Cl)c1C1CCCN1c1ncnc(F)c1Br. The highest BCUT2D eigenvalue weighted by molar-refractivity contribution is 9.10. The van der Waals surface area contributed by atoms with Crippen LogP contribution in [0, 0.1) is 18.8 Å². The number of rotatable bonds is 4. The van der Waals surface area contributed by atoms with E-state index in [-0.39, 0.29) is 6.04 Å². The van der Waals surface area contributed by atoms with Crippen molar-refractivity contribution < 1.29 is 4.39 Å². The number of anilines is 1. The van der Waals surface area contributed by atoms with E-state index >= 15 is 0 Å². The third-order valence-electron chi connectivity index (χ3n) is 4.23. The average molecular weight is 417 g/mol. The van der Waals surface area contributed by atoms with Gasteiger partial charge in [-0.05, 0) is 41.6 Å². The topological polar surface area (TPSA) is 46.8 Å². The lowest BCUT2D eigenvalue weighted by atomic mass is 10.1. The van der Waals surface area contributed by atoms with Gasteiger partial charge in [0, 0.05) is 18.7 Å². The number of hydrogen-bond donors (Lipinski definition) is 0. The Labute approximate surface area is 154 Å². The minimum absolute atomic E-state index is 0.0454. The van der Waals surface area contributed by atoms with Crippen LogP contribution in [0.4, 0.5) is 10.2 Å². The lowest BCUT2D eigenvalue weighted by Crippen LogP contribution is -2.25. The van der Waals surface area contributed by atoms with E-state index in [2.05, 4.69) is 49.7 Å². The van der Waals surface area contributed by atoms with Gasteiger partial charge in [0.2, 0.25) is 5.95 Å². The smallest absolute Gasteiger partial charge is 0.232 e. The molecule has 3 heterocycles. The monoisotopic (exact) mass is 415 g/mol. The normalized spacial score (nSPS) is 18.0. The molecule has 1 saturated heterocycles. The van der Waals surface area contributed by atoms with Gasteiger partial charge in [0.25, 0.3) is 0 Å². The lowest BCUT2D eigenvalue weighted by Gasteiger charge is -2.26. The van der Waals surface area contributed by atoms with Crippen molar-refractivity contribution in [2.24, 2.45) is 5.92 Å². The van der Waals surface area contributed by atoms with E-state index in [1.807, 2.05) is 11.6 Å². The summed E-state index contributed by atoms with van der Waals surface area (Å²) in [6.07, 6.45) is 3.18. The van der Waals surface area contributed by atoms with Crippen molar-refractivity contribution in [2.75, 3.05) is 11.4 Å². The third-order valence-corrected chi connectivity index (χ3v) is 5.31. The van der Waals surface area contributed by atoms with Gasteiger partial charge in [-0.15, -0.1) is 0 Å². The fraction of sp³-hybridized carbons (Fsp3) is 0.562. The fourth-order valence-electron chi connectivity index (χ4n) is 3.27. The lowest BCUT2D eigenvalue weighted by molar-refractivity contribution is 0.481. The Morgan fingerprint density at radius 2 is 2.17 bits per heavy atom. The second-order valence-corrected chi connectivity index (χ2v) is 7.67. The number of aryl methyl sites for hydroxylation is 1. The minimum Gasteiger partial charge on any atom is -0.348 e. The Kier molecular flexibility index (Phi) is 5.11. The van der Waals surface area contributed by atoms with Gasteiger partial charge >= 0.3 is 0 Å². The van der Waals surface area contributed by atoms with Gasteiger partial charge in [-0.25, -0.2) is 9.97 Å². The molecule has 0 bridgehead atoms. The minimum atomic E-state index is -0.552. The van der Waals surface area contributed by atoms with Crippen molar-refractivity contribution in [3.63, 3.8) is 0 Å². The molecular formula is C16H20BrClFN5. The first-order valence-electron chi connectivity index (χ1n) is 8.05. The van der Waals surface area contributed by atoms with Gasteiger partial charge in [0.05, 0.1) is 11.7 Å². The predicted octanol–water partition coefficient (Wildman–Crippen LogP) is 4.53. The molecule has 1 fully saturated rings. The first-order chi connectivity index (χ1) is 11.4. The van der Waals surface area contributed by atoms with Crippen LogP contribution in [0.25, 0.3) is 0 Å². The van der Waals surface area contributed by atoms with Crippen LogP contribution in [0.1, 0.15) is 44.0 Å². The summed E-state index contributed by atoms with van der Waals surface area (Å²) in [5.74, 6) is 0.473. The molecule has 24 heavy (non-hydrogen) atoms. The largest absolute Gasteiger partial charge is 0.348 e. The van der Waals surface area contributed by atoms with E-state index in [9.17, 15) is 4.39 Å². The van der Waals surface area contributed by atoms with Crippen LogP contribution >= 0.6 is 27.5 Å². The first-order valence-corrected chi connectivity index (χ1v) is 9.22. The summed E-state index contributed by atoms with van der Waals surface area (Å²) in [6.45, 7) is 7.82. The van der Waals surface area contributed by atoms with Crippen molar-refractivity contribution in [3.05, 3.63) is 33.2 Å². The summed E-state index contributed by atoms with van der Waals surface area (Å²) in [6, 6.07) is 0.0454. The van der Waals surface area contributed by atoms with E-state index in [1.54, 1.807) is 0 Å². The van der Waals surface area contributed by atoms with Crippen molar-refractivity contribution in [1.82, 2.24) is 19.7 Å². The molecule has 0 radical (unpaired) electrons. The van der Waals surface area contributed by atoms with E-state index < -0.39 is 5.95 Å². The number of hydrogen-bond acceptors (Lipinski definition) is 4. The molecule has 0 aliphatic carbocycles. The molecule has 2 aromatic heterocycles. The first kappa shape index (κ1) is 17.6. The van der Waals surface area contributed by atoms with E-state index in [0.717, 1.165) is 37.2 Å². The molecule has 0 saturated carbocycles. The maximum atomic E-state index is 13.8. The van der Waals surface area contributed by atoms with Crippen LogP contribution < -0.4 is 4.90 Å². The van der Waals surface area contributed by atoms with E-state index in [1.165, 1.54) is 6.33 Å². The van der Waals surface area contributed by atoms with Gasteiger partial charge in [-0.1, -0.05) is 25.4 Å².